The summed E-state index contributed by atoms with van der Waals surface area (Å²) in [6.45, 7) is 0. The molecule has 0 aliphatic carbocycles. The normalized spacial score (nSPS) is 15.4. The number of rotatable bonds is 5. The number of hydrogen-bond donors (Lipinski definition) is 0. The highest BCUT2D eigenvalue weighted by molar-refractivity contribution is 8.02. The molecule has 132 valence electrons. The van der Waals surface area contributed by atoms with Gasteiger partial charge in [-0.15, -0.1) is 11.8 Å². The summed E-state index contributed by atoms with van der Waals surface area (Å²) in [7, 11) is 0. The third-order valence-electron chi connectivity index (χ3n) is 4.76. The number of Topliss-reactive ketones (excluding diaryl/α,β-unsaturated/α-hetero) is 2. The first-order valence-electron chi connectivity index (χ1n) is 8.85. The zero-order valence-electron chi connectivity index (χ0n) is 14.6. The number of ketones is 2. The average Bonchev–Trinajstić information content (AvgIpc) is 2.75. The van der Waals surface area contributed by atoms with Gasteiger partial charge in [-0.25, -0.2) is 0 Å². The molecule has 3 aromatic carbocycles. The Morgan fingerprint density at radius 2 is 1.22 bits per heavy atom. The van der Waals surface area contributed by atoms with Gasteiger partial charge in [0.05, 0.1) is 5.25 Å². The maximum Gasteiger partial charge on any atom is 0.175 e. The lowest BCUT2D eigenvalue weighted by atomic mass is 9.83. The highest BCUT2D eigenvalue weighted by Gasteiger charge is 2.38. The minimum absolute atomic E-state index is 0.132. The van der Waals surface area contributed by atoms with Gasteiger partial charge in [0.1, 0.15) is 5.92 Å². The average molecular weight is 370 g/mol. The highest BCUT2D eigenvalue weighted by atomic mass is 32.2. The molecule has 0 N–H and O–H groups in total. The van der Waals surface area contributed by atoms with Gasteiger partial charge < -0.3 is 0 Å². The van der Waals surface area contributed by atoms with Crippen molar-refractivity contribution >= 4 is 29.4 Å². The van der Waals surface area contributed by atoms with Gasteiger partial charge in [-0.1, -0.05) is 84.9 Å². The van der Waals surface area contributed by atoms with E-state index in [1.54, 1.807) is 24.3 Å². The van der Waals surface area contributed by atoms with E-state index in [4.69, 9.17) is 0 Å². The quantitative estimate of drug-likeness (QED) is 0.419. The fourth-order valence-corrected chi connectivity index (χ4v) is 4.57. The molecule has 0 saturated heterocycles. The molecule has 3 heteroatoms. The molecule has 1 aliphatic heterocycles. The van der Waals surface area contributed by atoms with Crippen molar-refractivity contribution in [3.05, 3.63) is 113 Å². The van der Waals surface area contributed by atoms with E-state index in [1.807, 2.05) is 72.1 Å². The molecular weight excluding hydrogens is 352 g/mol. The molecule has 4 rings (SSSR count). The van der Waals surface area contributed by atoms with Crippen LogP contribution >= 0.6 is 11.8 Å². The van der Waals surface area contributed by atoms with Crippen molar-refractivity contribution in [2.24, 2.45) is 5.92 Å². The third-order valence-corrected chi connectivity index (χ3v) is 5.87. The molecule has 0 amide bonds. The summed E-state index contributed by atoms with van der Waals surface area (Å²) in [5.41, 5.74) is 3.23. The van der Waals surface area contributed by atoms with Crippen LogP contribution in [-0.2, 0) is 0 Å². The molecule has 0 spiro atoms. The van der Waals surface area contributed by atoms with Crippen molar-refractivity contribution in [3.63, 3.8) is 0 Å². The van der Waals surface area contributed by atoms with Gasteiger partial charge >= 0.3 is 0 Å². The predicted molar refractivity (Wildman–Crippen MR) is 111 cm³/mol. The first-order valence-corrected chi connectivity index (χ1v) is 9.79. The molecule has 0 fully saturated rings. The monoisotopic (exact) mass is 370 g/mol. The number of hydrogen-bond acceptors (Lipinski definition) is 3. The Morgan fingerprint density at radius 3 is 1.81 bits per heavy atom. The van der Waals surface area contributed by atoms with Crippen molar-refractivity contribution in [2.75, 3.05) is 0 Å². The highest BCUT2D eigenvalue weighted by Crippen LogP contribution is 2.44. The Labute approximate surface area is 162 Å². The van der Waals surface area contributed by atoms with Gasteiger partial charge in [0, 0.05) is 11.1 Å². The molecule has 1 heterocycles. The van der Waals surface area contributed by atoms with Crippen LogP contribution in [0.5, 0.6) is 0 Å². The number of carbonyl (C=O) groups is 2. The Balaban J connectivity index is 1.81. The lowest BCUT2D eigenvalue weighted by molar-refractivity contribution is 0.0804. The summed E-state index contributed by atoms with van der Waals surface area (Å²) in [6.07, 6.45) is 2.04. The molecule has 2 nitrogen and oxygen atoms in total. The van der Waals surface area contributed by atoms with Crippen LogP contribution in [0.25, 0.3) is 6.08 Å². The van der Waals surface area contributed by atoms with Crippen LogP contribution in [0.4, 0.5) is 0 Å². The maximum absolute atomic E-state index is 13.4. The summed E-state index contributed by atoms with van der Waals surface area (Å²) in [4.78, 5) is 26.8. The van der Waals surface area contributed by atoms with E-state index in [9.17, 15) is 9.59 Å². The Kier molecular flexibility index (Phi) is 5.03. The summed E-state index contributed by atoms with van der Waals surface area (Å²) < 4.78 is 0. The third kappa shape index (κ3) is 3.51. The van der Waals surface area contributed by atoms with E-state index in [1.165, 1.54) is 11.8 Å². The van der Waals surface area contributed by atoms with Crippen LogP contribution < -0.4 is 0 Å². The van der Waals surface area contributed by atoms with Crippen molar-refractivity contribution in [3.8, 4) is 0 Å². The molecular formula is C24H18O2S. The molecule has 3 aromatic rings. The molecule has 0 radical (unpaired) electrons. The Bertz CT molecular complexity index is 942. The standard InChI is InChI=1S/C24H18O2S/c25-22(18-10-3-1-4-11-18)21(23(26)19-12-5-2-6-13-19)24-20-14-8-7-9-17(20)15-16-27-24/h1-16,21,24H. The lowest BCUT2D eigenvalue weighted by Crippen LogP contribution is -2.30. The molecule has 0 saturated carbocycles. The zero-order chi connectivity index (χ0) is 18.6. The number of thioether (sulfide) groups is 1. The first-order chi connectivity index (χ1) is 13.3. The van der Waals surface area contributed by atoms with Crippen LogP contribution in [0.3, 0.4) is 0 Å². The summed E-state index contributed by atoms with van der Waals surface area (Å²) in [5, 5.41) is 1.74. The van der Waals surface area contributed by atoms with Gasteiger partial charge in [0.25, 0.3) is 0 Å². The summed E-state index contributed by atoms with van der Waals surface area (Å²) in [5.74, 6) is -1.04. The molecule has 27 heavy (non-hydrogen) atoms. The summed E-state index contributed by atoms with van der Waals surface area (Å²) >= 11 is 1.54. The van der Waals surface area contributed by atoms with Crippen LogP contribution in [0.15, 0.2) is 90.3 Å². The second-order valence-electron chi connectivity index (χ2n) is 6.43. The van der Waals surface area contributed by atoms with Crippen molar-refractivity contribution < 1.29 is 9.59 Å². The molecule has 0 aromatic heterocycles. The number of fused-ring (bicyclic) bond motifs is 1. The number of benzene rings is 3. The van der Waals surface area contributed by atoms with E-state index in [-0.39, 0.29) is 16.8 Å². The largest absolute Gasteiger partial charge is 0.293 e. The topological polar surface area (TPSA) is 34.1 Å². The van der Waals surface area contributed by atoms with Gasteiger partial charge in [-0.05, 0) is 22.6 Å². The zero-order valence-corrected chi connectivity index (χ0v) is 15.4. The van der Waals surface area contributed by atoms with E-state index >= 15 is 0 Å². The van der Waals surface area contributed by atoms with Gasteiger partial charge in [-0.2, -0.15) is 0 Å². The minimum Gasteiger partial charge on any atom is -0.293 e. The SMILES string of the molecule is O=C(c1ccccc1)C(C(=O)c1ccccc1)C1SC=Cc2ccccc21. The smallest absolute Gasteiger partial charge is 0.175 e. The molecule has 1 aliphatic rings. The lowest BCUT2D eigenvalue weighted by Gasteiger charge is -2.28. The molecule has 1 atom stereocenters. The Morgan fingerprint density at radius 1 is 0.704 bits per heavy atom. The molecule has 0 bridgehead atoms. The van der Waals surface area contributed by atoms with Gasteiger partial charge in [0.2, 0.25) is 0 Å². The van der Waals surface area contributed by atoms with Gasteiger partial charge in [0.15, 0.2) is 11.6 Å². The minimum atomic E-state index is -0.772. The van der Waals surface area contributed by atoms with Crippen LogP contribution in [0.2, 0.25) is 0 Å². The fourth-order valence-electron chi connectivity index (χ4n) is 3.41. The predicted octanol–water partition coefficient (Wildman–Crippen LogP) is 5.83. The van der Waals surface area contributed by atoms with E-state index in [2.05, 4.69) is 0 Å². The molecule has 1 unspecified atom stereocenters. The van der Waals surface area contributed by atoms with Crippen LogP contribution in [0.1, 0.15) is 37.1 Å². The van der Waals surface area contributed by atoms with Gasteiger partial charge in [-0.3, -0.25) is 9.59 Å². The second kappa shape index (κ2) is 7.77. The van der Waals surface area contributed by atoms with Crippen LogP contribution in [0, 0.1) is 5.92 Å². The van der Waals surface area contributed by atoms with Crippen molar-refractivity contribution in [2.45, 2.75) is 5.25 Å². The van der Waals surface area contributed by atoms with E-state index in [0.29, 0.717) is 11.1 Å². The van der Waals surface area contributed by atoms with E-state index < -0.39 is 5.92 Å². The number of carbonyl (C=O) groups excluding carboxylic acids is 2. The fraction of sp³-hybridized carbons (Fsp3) is 0.0833. The first kappa shape index (κ1) is 17.5. The second-order valence-corrected chi connectivity index (χ2v) is 7.48. The van der Waals surface area contributed by atoms with E-state index in [0.717, 1.165) is 11.1 Å². The Hall–Kier alpha value is -2.91. The summed E-state index contributed by atoms with van der Waals surface area (Å²) in [6, 6.07) is 26.2. The van der Waals surface area contributed by atoms with Crippen LogP contribution in [-0.4, -0.2) is 11.6 Å². The van der Waals surface area contributed by atoms with Crippen molar-refractivity contribution in [1.82, 2.24) is 0 Å². The maximum atomic E-state index is 13.4. The van der Waals surface area contributed by atoms with Crippen molar-refractivity contribution in [1.29, 1.82) is 0 Å².